The van der Waals surface area contributed by atoms with Crippen LogP contribution < -0.4 is 9.47 Å². The second kappa shape index (κ2) is 4.86. The summed E-state index contributed by atoms with van der Waals surface area (Å²) in [6.45, 7) is 2.12. The Labute approximate surface area is 98.3 Å². The molecule has 2 rings (SSSR count). The molecular formula is C12H12O5. The minimum absolute atomic E-state index is 0.0914. The molecule has 0 radical (unpaired) electrons. The van der Waals surface area contributed by atoms with Gasteiger partial charge in [0.2, 0.25) is 6.10 Å². The summed E-state index contributed by atoms with van der Waals surface area (Å²) in [6, 6.07) is 4.77. The largest absolute Gasteiger partial charge is 0.485 e. The molecule has 1 aliphatic heterocycles. The van der Waals surface area contributed by atoms with Gasteiger partial charge >= 0.3 is 5.97 Å². The number of fused-ring (bicyclic) bond motifs is 1. The molecule has 0 fully saturated rings. The molecule has 1 aliphatic rings. The predicted molar refractivity (Wildman–Crippen MR) is 58.4 cm³/mol. The average molecular weight is 236 g/mol. The number of benzene rings is 1. The maximum Gasteiger partial charge on any atom is 0.350 e. The van der Waals surface area contributed by atoms with E-state index in [0.29, 0.717) is 23.7 Å². The number of esters is 1. The summed E-state index contributed by atoms with van der Waals surface area (Å²) in [5.74, 6) is 0.465. The van der Waals surface area contributed by atoms with E-state index in [4.69, 9.17) is 14.2 Å². The number of carbonyl (C=O) groups is 2. The van der Waals surface area contributed by atoms with Crippen molar-refractivity contribution in [1.82, 2.24) is 0 Å². The zero-order valence-corrected chi connectivity index (χ0v) is 9.34. The molecule has 5 nitrogen and oxygen atoms in total. The van der Waals surface area contributed by atoms with Crippen molar-refractivity contribution in [3.05, 3.63) is 23.8 Å². The number of hydrogen-bond donors (Lipinski definition) is 0. The van der Waals surface area contributed by atoms with Gasteiger partial charge in [-0.25, -0.2) is 4.79 Å². The van der Waals surface area contributed by atoms with E-state index in [-0.39, 0.29) is 6.61 Å². The molecule has 1 aromatic rings. The first-order valence-corrected chi connectivity index (χ1v) is 5.30. The van der Waals surface area contributed by atoms with Gasteiger partial charge < -0.3 is 14.2 Å². The summed E-state index contributed by atoms with van der Waals surface area (Å²) < 4.78 is 15.6. The molecular weight excluding hydrogens is 224 g/mol. The average Bonchev–Trinajstić information content (AvgIpc) is 2.37. The van der Waals surface area contributed by atoms with Crippen LogP contribution in [0.3, 0.4) is 0 Å². The zero-order valence-electron chi connectivity index (χ0n) is 9.34. The van der Waals surface area contributed by atoms with Gasteiger partial charge in [-0.1, -0.05) is 0 Å². The first-order valence-electron chi connectivity index (χ1n) is 5.30. The van der Waals surface area contributed by atoms with Gasteiger partial charge in [0.25, 0.3) is 0 Å². The van der Waals surface area contributed by atoms with Crippen LogP contribution >= 0.6 is 0 Å². The monoisotopic (exact) mass is 236 g/mol. The van der Waals surface area contributed by atoms with E-state index in [2.05, 4.69) is 0 Å². The van der Waals surface area contributed by atoms with E-state index in [9.17, 15) is 9.59 Å². The van der Waals surface area contributed by atoms with Crippen molar-refractivity contribution in [1.29, 1.82) is 0 Å². The van der Waals surface area contributed by atoms with Gasteiger partial charge in [-0.2, -0.15) is 0 Å². The summed E-state index contributed by atoms with van der Waals surface area (Å²) >= 11 is 0. The van der Waals surface area contributed by atoms with Crippen LogP contribution in [0.2, 0.25) is 0 Å². The Kier molecular flexibility index (Phi) is 3.27. The van der Waals surface area contributed by atoms with Gasteiger partial charge in [-0.3, -0.25) is 4.79 Å². The maximum atomic E-state index is 11.4. The molecule has 0 bridgehead atoms. The molecule has 0 spiro atoms. The van der Waals surface area contributed by atoms with Crippen molar-refractivity contribution in [3.63, 3.8) is 0 Å². The molecule has 0 aliphatic carbocycles. The molecule has 0 amide bonds. The Hall–Kier alpha value is -2.04. The summed E-state index contributed by atoms with van der Waals surface area (Å²) in [5.41, 5.74) is 0.502. The van der Waals surface area contributed by atoms with Crippen LogP contribution in [0.5, 0.6) is 11.5 Å². The van der Waals surface area contributed by atoms with Crippen LogP contribution in [0, 0.1) is 0 Å². The van der Waals surface area contributed by atoms with Crippen molar-refractivity contribution < 1.29 is 23.8 Å². The van der Waals surface area contributed by atoms with Crippen molar-refractivity contribution in [2.45, 2.75) is 13.0 Å². The highest BCUT2D eigenvalue weighted by molar-refractivity contribution is 5.78. The van der Waals surface area contributed by atoms with Crippen molar-refractivity contribution in [2.24, 2.45) is 0 Å². The molecule has 0 saturated heterocycles. The molecule has 0 N–H and O–H groups in total. The fraction of sp³-hybridized carbons (Fsp3) is 0.333. The van der Waals surface area contributed by atoms with Gasteiger partial charge in [-0.15, -0.1) is 0 Å². The third kappa shape index (κ3) is 2.38. The van der Waals surface area contributed by atoms with Crippen molar-refractivity contribution in [3.8, 4) is 11.5 Å². The summed E-state index contributed by atoms with van der Waals surface area (Å²) in [6.07, 6.45) is -0.0225. The van der Waals surface area contributed by atoms with Gasteiger partial charge in [0, 0.05) is 5.56 Å². The lowest BCUT2D eigenvalue weighted by molar-refractivity contribution is -0.153. The lowest BCUT2D eigenvalue weighted by Crippen LogP contribution is -2.37. The van der Waals surface area contributed by atoms with Gasteiger partial charge in [0.15, 0.2) is 11.5 Å². The highest BCUT2D eigenvalue weighted by Gasteiger charge is 2.28. The predicted octanol–water partition coefficient (Wildman–Crippen LogP) is 1.20. The molecule has 0 unspecified atom stereocenters. The minimum Gasteiger partial charge on any atom is -0.485 e. The molecule has 17 heavy (non-hydrogen) atoms. The number of ether oxygens (including phenoxy) is 3. The fourth-order valence-corrected chi connectivity index (χ4v) is 1.51. The Bertz CT molecular complexity index is 441. The van der Waals surface area contributed by atoms with E-state index in [1.54, 1.807) is 25.1 Å². The Morgan fingerprint density at radius 3 is 3.06 bits per heavy atom. The van der Waals surface area contributed by atoms with Crippen LogP contribution in [0.25, 0.3) is 0 Å². The van der Waals surface area contributed by atoms with E-state index >= 15 is 0 Å². The van der Waals surface area contributed by atoms with Crippen molar-refractivity contribution >= 4 is 12.3 Å². The third-order valence-corrected chi connectivity index (χ3v) is 2.31. The smallest absolute Gasteiger partial charge is 0.350 e. The maximum absolute atomic E-state index is 11.4. The highest BCUT2D eigenvalue weighted by atomic mass is 16.6. The normalized spacial score (nSPS) is 17.4. The van der Waals surface area contributed by atoms with E-state index in [1.165, 1.54) is 0 Å². The molecule has 1 atom stereocenters. The first kappa shape index (κ1) is 11.4. The van der Waals surface area contributed by atoms with Crippen LogP contribution in [-0.2, 0) is 9.53 Å². The quantitative estimate of drug-likeness (QED) is 0.583. The van der Waals surface area contributed by atoms with E-state index in [0.717, 1.165) is 6.29 Å². The van der Waals surface area contributed by atoms with Crippen LogP contribution in [-0.4, -0.2) is 31.6 Å². The van der Waals surface area contributed by atoms with Crippen LogP contribution in [0.15, 0.2) is 18.2 Å². The number of rotatable bonds is 3. The van der Waals surface area contributed by atoms with Gasteiger partial charge in [0.1, 0.15) is 12.9 Å². The second-order valence-electron chi connectivity index (χ2n) is 3.49. The zero-order chi connectivity index (χ0) is 12.3. The van der Waals surface area contributed by atoms with E-state index < -0.39 is 12.1 Å². The standard InChI is InChI=1S/C12H12O5/c1-2-15-12(14)11-7-16-10-5-8(6-13)3-4-9(10)17-11/h3-6,11H,2,7H2,1H3/t11-/m1/s1. The van der Waals surface area contributed by atoms with Crippen molar-refractivity contribution in [2.75, 3.05) is 13.2 Å². The number of carbonyl (C=O) groups excluding carboxylic acids is 2. The Balaban J connectivity index is 2.14. The summed E-state index contributed by atoms with van der Waals surface area (Å²) in [5, 5.41) is 0. The molecule has 0 aromatic heterocycles. The fourth-order valence-electron chi connectivity index (χ4n) is 1.51. The number of hydrogen-bond acceptors (Lipinski definition) is 5. The third-order valence-electron chi connectivity index (χ3n) is 2.31. The number of aldehydes is 1. The summed E-state index contributed by atoms with van der Waals surface area (Å²) in [7, 11) is 0. The topological polar surface area (TPSA) is 61.8 Å². The molecule has 1 heterocycles. The minimum atomic E-state index is -0.746. The SMILES string of the molecule is CCOC(=O)[C@H]1COc2cc(C=O)ccc2O1. The van der Waals surface area contributed by atoms with Crippen LogP contribution in [0.4, 0.5) is 0 Å². The molecule has 90 valence electrons. The second-order valence-corrected chi connectivity index (χ2v) is 3.49. The highest BCUT2D eigenvalue weighted by Crippen LogP contribution is 2.32. The van der Waals surface area contributed by atoms with Gasteiger partial charge in [0.05, 0.1) is 6.61 Å². The lowest BCUT2D eigenvalue weighted by atomic mass is 10.2. The Morgan fingerprint density at radius 2 is 2.35 bits per heavy atom. The Morgan fingerprint density at radius 1 is 1.53 bits per heavy atom. The van der Waals surface area contributed by atoms with Gasteiger partial charge in [-0.05, 0) is 25.1 Å². The molecule has 0 saturated carbocycles. The van der Waals surface area contributed by atoms with E-state index in [1.807, 2.05) is 0 Å². The molecule has 1 aromatic carbocycles. The molecule has 5 heteroatoms. The summed E-state index contributed by atoms with van der Waals surface area (Å²) in [4.78, 5) is 22.0. The van der Waals surface area contributed by atoms with Crippen LogP contribution in [0.1, 0.15) is 17.3 Å². The lowest BCUT2D eigenvalue weighted by Gasteiger charge is -2.25. The first-order chi connectivity index (χ1) is 8.24.